The van der Waals surface area contributed by atoms with E-state index in [1.54, 1.807) is 7.11 Å². The molecule has 0 radical (unpaired) electrons. The zero-order valence-corrected chi connectivity index (χ0v) is 12.1. The molecule has 0 spiro atoms. The lowest BCUT2D eigenvalue weighted by Crippen LogP contribution is -2.33. The van der Waals surface area contributed by atoms with Gasteiger partial charge < -0.3 is 15.8 Å². The van der Waals surface area contributed by atoms with Gasteiger partial charge in [-0.3, -0.25) is 4.79 Å². The van der Waals surface area contributed by atoms with Gasteiger partial charge in [0.15, 0.2) is 0 Å². The van der Waals surface area contributed by atoms with Crippen molar-refractivity contribution in [3.05, 3.63) is 71.3 Å². The molecule has 0 heterocycles. The highest BCUT2D eigenvalue weighted by molar-refractivity contribution is 5.82. The second-order valence-electron chi connectivity index (χ2n) is 4.86. The number of ether oxygens (including phenoxy) is 1. The zero-order chi connectivity index (χ0) is 15.1. The van der Waals surface area contributed by atoms with Crippen LogP contribution in [0.15, 0.2) is 54.6 Å². The third-order valence-corrected chi connectivity index (χ3v) is 3.21. The molecule has 21 heavy (non-hydrogen) atoms. The summed E-state index contributed by atoms with van der Waals surface area (Å²) in [6.07, 6.45) is 0. The molecule has 4 heteroatoms. The number of hydrogen-bond acceptors (Lipinski definition) is 3. The van der Waals surface area contributed by atoms with Gasteiger partial charge in [0.2, 0.25) is 5.91 Å². The minimum absolute atomic E-state index is 0.182. The molecule has 0 saturated carbocycles. The number of rotatable bonds is 6. The molecule has 110 valence electrons. The van der Waals surface area contributed by atoms with Gasteiger partial charge in [0, 0.05) is 13.7 Å². The van der Waals surface area contributed by atoms with E-state index < -0.39 is 6.04 Å². The first-order valence-corrected chi connectivity index (χ1v) is 6.85. The van der Waals surface area contributed by atoms with Gasteiger partial charge in [-0.25, -0.2) is 0 Å². The predicted octanol–water partition coefficient (Wildman–Crippen LogP) is 2.15. The van der Waals surface area contributed by atoms with Crippen molar-refractivity contribution in [2.75, 3.05) is 7.11 Å². The Kier molecular flexibility index (Phi) is 5.49. The summed E-state index contributed by atoms with van der Waals surface area (Å²) in [7, 11) is 1.66. The number of amides is 1. The van der Waals surface area contributed by atoms with Crippen molar-refractivity contribution in [3.8, 4) is 0 Å². The van der Waals surface area contributed by atoms with Crippen molar-refractivity contribution < 1.29 is 9.53 Å². The molecule has 0 aromatic heterocycles. The highest BCUT2D eigenvalue weighted by Gasteiger charge is 2.14. The molecular weight excluding hydrogens is 264 g/mol. The molecule has 4 nitrogen and oxygen atoms in total. The maximum atomic E-state index is 12.1. The molecule has 0 aliphatic carbocycles. The Morgan fingerprint density at radius 3 is 2.57 bits per heavy atom. The number of nitrogens with one attached hydrogen (secondary N) is 1. The molecule has 3 N–H and O–H groups in total. The van der Waals surface area contributed by atoms with Gasteiger partial charge in [-0.05, 0) is 16.7 Å². The van der Waals surface area contributed by atoms with Crippen molar-refractivity contribution >= 4 is 5.91 Å². The quantitative estimate of drug-likeness (QED) is 0.854. The molecule has 1 unspecified atom stereocenters. The summed E-state index contributed by atoms with van der Waals surface area (Å²) in [5.41, 5.74) is 8.86. The Morgan fingerprint density at radius 2 is 1.86 bits per heavy atom. The lowest BCUT2D eigenvalue weighted by atomic mass is 10.1. The maximum Gasteiger partial charge on any atom is 0.241 e. The van der Waals surface area contributed by atoms with Gasteiger partial charge in [0.1, 0.15) is 6.04 Å². The van der Waals surface area contributed by atoms with E-state index in [0.717, 1.165) is 16.7 Å². The number of carbonyl (C=O) groups excluding carboxylic acids is 1. The minimum atomic E-state index is -0.645. The Bertz CT molecular complexity index is 584. The average Bonchev–Trinajstić information content (AvgIpc) is 2.53. The molecule has 0 aliphatic rings. The Morgan fingerprint density at radius 1 is 1.14 bits per heavy atom. The van der Waals surface area contributed by atoms with E-state index in [-0.39, 0.29) is 5.91 Å². The Balaban J connectivity index is 1.93. The monoisotopic (exact) mass is 284 g/mol. The molecule has 0 fully saturated rings. The van der Waals surface area contributed by atoms with Crippen molar-refractivity contribution in [2.45, 2.75) is 19.2 Å². The van der Waals surface area contributed by atoms with E-state index in [1.165, 1.54) is 0 Å². The van der Waals surface area contributed by atoms with Gasteiger partial charge in [0.05, 0.1) is 6.61 Å². The lowest BCUT2D eigenvalue weighted by Gasteiger charge is -2.13. The highest BCUT2D eigenvalue weighted by atomic mass is 16.5. The van der Waals surface area contributed by atoms with Crippen LogP contribution in [-0.4, -0.2) is 13.0 Å². The van der Waals surface area contributed by atoms with Crippen LogP contribution >= 0.6 is 0 Å². The molecule has 1 atom stereocenters. The summed E-state index contributed by atoms with van der Waals surface area (Å²) < 4.78 is 5.10. The van der Waals surface area contributed by atoms with Gasteiger partial charge in [-0.15, -0.1) is 0 Å². The molecule has 0 aliphatic heterocycles. The van der Waals surface area contributed by atoms with E-state index in [9.17, 15) is 4.79 Å². The number of benzene rings is 2. The van der Waals surface area contributed by atoms with Crippen LogP contribution in [-0.2, 0) is 22.7 Å². The zero-order valence-electron chi connectivity index (χ0n) is 12.1. The van der Waals surface area contributed by atoms with Crippen LogP contribution < -0.4 is 11.1 Å². The van der Waals surface area contributed by atoms with Crippen LogP contribution in [0.25, 0.3) is 0 Å². The van der Waals surface area contributed by atoms with E-state index in [0.29, 0.717) is 13.2 Å². The predicted molar refractivity (Wildman–Crippen MR) is 82.4 cm³/mol. The fraction of sp³-hybridized carbons (Fsp3) is 0.235. The minimum Gasteiger partial charge on any atom is -0.380 e. The second-order valence-corrected chi connectivity index (χ2v) is 4.86. The van der Waals surface area contributed by atoms with Crippen molar-refractivity contribution in [2.24, 2.45) is 5.73 Å². The standard InChI is InChI=1S/C17H20N2O2/c1-21-12-14-7-5-6-13(10-14)11-19-17(20)16(18)15-8-3-2-4-9-15/h2-10,16H,11-12,18H2,1H3,(H,19,20). The van der Waals surface area contributed by atoms with Crippen LogP contribution in [0, 0.1) is 0 Å². The third kappa shape index (κ3) is 4.41. The summed E-state index contributed by atoms with van der Waals surface area (Å²) in [5, 5.41) is 2.86. The molecule has 2 aromatic rings. The molecule has 0 saturated heterocycles. The van der Waals surface area contributed by atoms with E-state index in [2.05, 4.69) is 5.32 Å². The maximum absolute atomic E-state index is 12.1. The molecule has 2 rings (SSSR count). The smallest absolute Gasteiger partial charge is 0.241 e. The van der Waals surface area contributed by atoms with Crippen LogP contribution in [0.5, 0.6) is 0 Å². The van der Waals surface area contributed by atoms with Crippen LogP contribution in [0.4, 0.5) is 0 Å². The van der Waals surface area contributed by atoms with Gasteiger partial charge in [0.25, 0.3) is 0 Å². The van der Waals surface area contributed by atoms with Gasteiger partial charge in [-0.2, -0.15) is 0 Å². The first kappa shape index (κ1) is 15.2. The summed E-state index contributed by atoms with van der Waals surface area (Å²) in [6, 6.07) is 16.6. The topological polar surface area (TPSA) is 64.3 Å². The van der Waals surface area contributed by atoms with Crippen LogP contribution in [0.3, 0.4) is 0 Å². The van der Waals surface area contributed by atoms with Gasteiger partial charge in [-0.1, -0.05) is 54.6 Å². The fourth-order valence-corrected chi connectivity index (χ4v) is 2.11. The lowest BCUT2D eigenvalue weighted by molar-refractivity contribution is -0.122. The first-order valence-electron chi connectivity index (χ1n) is 6.85. The average molecular weight is 284 g/mol. The molecule has 0 bridgehead atoms. The Hall–Kier alpha value is -2.17. The highest BCUT2D eigenvalue weighted by Crippen LogP contribution is 2.10. The third-order valence-electron chi connectivity index (χ3n) is 3.21. The Labute approximate surface area is 124 Å². The second kappa shape index (κ2) is 7.57. The van der Waals surface area contributed by atoms with E-state index in [4.69, 9.17) is 10.5 Å². The first-order chi connectivity index (χ1) is 10.2. The van der Waals surface area contributed by atoms with Crippen LogP contribution in [0.1, 0.15) is 22.7 Å². The summed E-state index contributed by atoms with van der Waals surface area (Å²) in [5.74, 6) is -0.182. The van der Waals surface area contributed by atoms with E-state index >= 15 is 0 Å². The fourth-order valence-electron chi connectivity index (χ4n) is 2.11. The van der Waals surface area contributed by atoms with Crippen molar-refractivity contribution in [1.82, 2.24) is 5.32 Å². The van der Waals surface area contributed by atoms with E-state index in [1.807, 2.05) is 54.6 Å². The number of methoxy groups -OCH3 is 1. The number of hydrogen-bond donors (Lipinski definition) is 2. The summed E-state index contributed by atoms with van der Waals surface area (Å²) in [6.45, 7) is 1.02. The number of nitrogens with two attached hydrogens (primary N) is 1. The van der Waals surface area contributed by atoms with Gasteiger partial charge >= 0.3 is 0 Å². The van der Waals surface area contributed by atoms with Crippen LogP contribution in [0.2, 0.25) is 0 Å². The number of carbonyl (C=O) groups is 1. The van der Waals surface area contributed by atoms with Crippen molar-refractivity contribution in [3.63, 3.8) is 0 Å². The molecular formula is C17H20N2O2. The summed E-state index contributed by atoms with van der Waals surface area (Å²) >= 11 is 0. The van der Waals surface area contributed by atoms with Crippen molar-refractivity contribution in [1.29, 1.82) is 0 Å². The normalized spacial score (nSPS) is 11.9. The SMILES string of the molecule is COCc1cccc(CNC(=O)C(N)c2ccccc2)c1. The molecule has 2 aromatic carbocycles. The molecule has 1 amide bonds. The largest absolute Gasteiger partial charge is 0.380 e. The summed E-state index contributed by atoms with van der Waals surface area (Å²) in [4.78, 5) is 12.1.